The molecule has 1 aromatic rings. The van der Waals surface area contributed by atoms with E-state index in [1.807, 2.05) is 0 Å². The van der Waals surface area contributed by atoms with Gasteiger partial charge in [-0.1, -0.05) is 35.8 Å². The van der Waals surface area contributed by atoms with Crippen molar-refractivity contribution in [2.45, 2.75) is 71.5 Å². The third kappa shape index (κ3) is 3.81. The summed E-state index contributed by atoms with van der Waals surface area (Å²) >= 11 is 3.66. The van der Waals surface area contributed by atoms with Crippen LogP contribution >= 0.6 is 15.9 Å². The Balaban J connectivity index is 2.34. The maximum atomic E-state index is 3.66. The van der Waals surface area contributed by atoms with Gasteiger partial charge in [-0.2, -0.15) is 0 Å². The first-order chi connectivity index (χ1) is 10.1. The van der Waals surface area contributed by atoms with Gasteiger partial charge in [0.05, 0.1) is 0 Å². The third-order valence-electron chi connectivity index (χ3n) is 4.69. The Labute approximate surface area is 138 Å². The van der Waals surface area contributed by atoms with Gasteiger partial charge in [0.2, 0.25) is 0 Å². The lowest BCUT2D eigenvalue weighted by atomic mass is 10.0. The summed E-state index contributed by atoms with van der Waals surface area (Å²) in [7, 11) is 0. The number of halogens is 1. The summed E-state index contributed by atoms with van der Waals surface area (Å²) in [5.74, 6) is 0. The minimum atomic E-state index is 0.401. The molecule has 1 aliphatic rings. The molecule has 1 N–H and O–H groups in total. The molecule has 1 aliphatic heterocycles. The average molecular weight is 353 g/mol. The predicted molar refractivity (Wildman–Crippen MR) is 96.1 cm³/mol. The van der Waals surface area contributed by atoms with E-state index in [-0.39, 0.29) is 0 Å². The van der Waals surface area contributed by atoms with E-state index in [4.69, 9.17) is 0 Å². The van der Waals surface area contributed by atoms with E-state index in [9.17, 15) is 0 Å². The van der Waals surface area contributed by atoms with Crippen molar-refractivity contribution in [3.63, 3.8) is 0 Å². The van der Waals surface area contributed by atoms with Crippen LogP contribution in [0.25, 0.3) is 0 Å². The van der Waals surface area contributed by atoms with Crippen molar-refractivity contribution in [2.24, 2.45) is 0 Å². The Bertz CT molecular complexity index is 461. The molecule has 0 aliphatic carbocycles. The van der Waals surface area contributed by atoms with E-state index < -0.39 is 0 Å². The monoisotopic (exact) mass is 352 g/mol. The largest absolute Gasteiger partial charge is 0.366 e. The summed E-state index contributed by atoms with van der Waals surface area (Å²) in [6.07, 6.45) is 5.03. The highest BCUT2D eigenvalue weighted by Gasteiger charge is 2.31. The van der Waals surface area contributed by atoms with Gasteiger partial charge in [-0.05, 0) is 63.8 Å². The van der Waals surface area contributed by atoms with Gasteiger partial charge in [0.15, 0.2) is 0 Å². The molecule has 0 radical (unpaired) electrons. The molecule has 0 spiro atoms. The summed E-state index contributed by atoms with van der Waals surface area (Å²) in [5.41, 5.74) is 2.84. The fourth-order valence-corrected chi connectivity index (χ4v) is 3.83. The molecule has 3 unspecified atom stereocenters. The van der Waals surface area contributed by atoms with Crippen LogP contribution < -0.4 is 10.2 Å². The minimum Gasteiger partial charge on any atom is -0.366 e. The summed E-state index contributed by atoms with van der Waals surface area (Å²) < 4.78 is 1.18. The summed E-state index contributed by atoms with van der Waals surface area (Å²) in [4.78, 5) is 2.66. The van der Waals surface area contributed by atoms with Crippen LogP contribution in [0.4, 0.5) is 5.69 Å². The molecule has 0 bridgehead atoms. The molecule has 1 heterocycles. The molecule has 2 rings (SSSR count). The molecule has 1 aromatic carbocycles. The third-order valence-corrected chi connectivity index (χ3v) is 5.19. The van der Waals surface area contributed by atoms with Crippen LogP contribution in [0.1, 0.15) is 65.0 Å². The highest BCUT2D eigenvalue weighted by Crippen LogP contribution is 2.37. The van der Waals surface area contributed by atoms with E-state index in [0.29, 0.717) is 18.1 Å². The van der Waals surface area contributed by atoms with Crippen molar-refractivity contribution in [3.8, 4) is 0 Å². The van der Waals surface area contributed by atoms with Crippen molar-refractivity contribution in [1.29, 1.82) is 0 Å². The number of hydrogen-bond donors (Lipinski definition) is 1. The molecule has 2 nitrogen and oxygen atoms in total. The molecule has 3 atom stereocenters. The fourth-order valence-electron chi connectivity index (χ4n) is 3.48. The first-order valence-electron chi connectivity index (χ1n) is 8.39. The maximum absolute atomic E-state index is 3.66. The van der Waals surface area contributed by atoms with Crippen LogP contribution in [-0.4, -0.2) is 18.6 Å². The molecule has 1 fully saturated rings. The highest BCUT2D eigenvalue weighted by molar-refractivity contribution is 9.10. The molecule has 0 aromatic heterocycles. The Morgan fingerprint density at radius 2 is 2.10 bits per heavy atom. The Morgan fingerprint density at radius 3 is 2.76 bits per heavy atom. The number of hydrogen-bond acceptors (Lipinski definition) is 2. The number of nitrogens with one attached hydrogen (secondary N) is 1. The van der Waals surface area contributed by atoms with Gasteiger partial charge in [0.1, 0.15) is 0 Å². The topological polar surface area (TPSA) is 15.3 Å². The summed E-state index contributed by atoms with van der Waals surface area (Å²) in [6, 6.07) is 8.49. The lowest BCUT2D eigenvalue weighted by molar-refractivity contribution is 0.562. The SMILES string of the molecule is CCCNC(C)c1ccc(Br)cc1N1C(C)CCC1CC. The second kappa shape index (κ2) is 7.64. The lowest BCUT2D eigenvalue weighted by Crippen LogP contribution is -2.35. The molecule has 0 saturated carbocycles. The number of anilines is 1. The highest BCUT2D eigenvalue weighted by atomic mass is 79.9. The quantitative estimate of drug-likeness (QED) is 0.749. The van der Waals surface area contributed by atoms with Crippen LogP contribution in [0.2, 0.25) is 0 Å². The van der Waals surface area contributed by atoms with Crippen molar-refractivity contribution in [1.82, 2.24) is 5.32 Å². The van der Waals surface area contributed by atoms with Crippen LogP contribution in [0, 0.1) is 0 Å². The first-order valence-corrected chi connectivity index (χ1v) is 9.18. The van der Waals surface area contributed by atoms with E-state index in [2.05, 4.69) is 72.0 Å². The molecular formula is C18H29BrN2. The lowest BCUT2D eigenvalue weighted by Gasteiger charge is -2.34. The fraction of sp³-hybridized carbons (Fsp3) is 0.667. The molecule has 21 heavy (non-hydrogen) atoms. The predicted octanol–water partition coefficient (Wildman–Crippen LogP) is 5.28. The normalized spacial score (nSPS) is 23.6. The van der Waals surface area contributed by atoms with Crippen LogP contribution in [0.5, 0.6) is 0 Å². The summed E-state index contributed by atoms with van der Waals surface area (Å²) in [5, 5.41) is 3.64. The van der Waals surface area contributed by atoms with Crippen molar-refractivity contribution in [2.75, 3.05) is 11.4 Å². The average Bonchev–Trinajstić information content (AvgIpc) is 2.85. The van der Waals surface area contributed by atoms with Crippen molar-refractivity contribution < 1.29 is 0 Å². The second-order valence-corrected chi connectivity index (χ2v) is 7.19. The minimum absolute atomic E-state index is 0.401. The zero-order valence-corrected chi connectivity index (χ0v) is 15.4. The zero-order valence-electron chi connectivity index (χ0n) is 13.8. The molecule has 1 saturated heterocycles. The number of nitrogens with zero attached hydrogens (tertiary/aromatic N) is 1. The Hall–Kier alpha value is -0.540. The standard InChI is InChI=1S/C18H29BrN2/c1-5-11-20-14(4)17-10-8-15(19)12-18(17)21-13(3)7-9-16(21)6-2/h8,10,12-14,16,20H,5-7,9,11H2,1-4H3. The van der Waals surface area contributed by atoms with Gasteiger partial charge in [0.25, 0.3) is 0 Å². The smallest absolute Gasteiger partial charge is 0.0430 e. The molecule has 118 valence electrons. The van der Waals surface area contributed by atoms with Gasteiger partial charge in [-0.3, -0.25) is 0 Å². The summed E-state index contributed by atoms with van der Waals surface area (Å²) in [6.45, 7) is 10.3. The first kappa shape index (κ1) is 16.8. The molecular weight excluding hydrogens is 324 g/mol. The molecule has 0 amide bonds. The van der Waals surface area contributed by atoms with Gasteiger partial charge in [0, 0.05) is 28.3 Å². The Morgan fingerprint density at radius 1 is 1.33 bits per heavy atom. The van der Waals surface area contributed by atoms with Gasteiger partial charge in [-0.15, -0.1) is 0 Å². The maximum Gasteiger partial charge on any atom is 0.0430 e. The molecule has 3 heteroatoms. The second-order valence-electron chi connectivity index (χ2n) is 6.27. The van der Waals surface area contributed by atoms with Gasteiger partial charge >= 0.3 is 0 Å². The Kier molecular flexibility index (Phi) is 6.12. The van der Waals surface area contributed by atoms with E-state index in [1.165, 1.54) is 41.4 Å². The van der Waals surface area contributed by atoms with Crippen molar-refractivity contribution >= 4 is 21.6 Å². The van der Waals surface area contributed by atoms with Gasteiger partial charge < -0.3 is 10.2 Å². The van der Waals surface area contributed by atoms with E-state index in [1.54, 1.807) is 0 Å². The zero-order chi connectivity index (χ0) is 15.4. The number of rotatable bonds is 6. The van der Waals surface area contributed by atoms with Gasteiger partial charge in [-0.25, -0.2) is 0 Å². The van der Waals surface area contributed by atoms with E-state index in [0.717, 1.165) is 6.54 Å². The van der Waals surface area contributed by atoms with Crippen LogP contribution in [-0.2, 0) is 0 Å². The number of benzene rings is 1. The van der Waals surface area contributed by atoms with Crippen LogP contribution in [0.3, 0.4) is 0 Å². The van der Waals surface area contributed by atoms with Crippen molar-refractivity contribution in [3.05, 3.63) is 28.2 Å². The van der Waals surface area contributed by atoms with Crippen LogP contribution in [0.15, 0.2) is 22.7 Å². The van der Waals surface area contributed by atoms with E-state index >= 15 is 0 Å².